The Bertz CT molecular complexity index is 492. The van der Waals surface area contributed by atoms with Crippen LogP contribution in [0.15, 0.2) is 18.2 Å². The second kappa shape index (κ2) is 4.97. The molecule has 0 atom stereocenters. The zero-order valence-electron chi connectivity index (χ0n) is 11.5. The maximum absolute atomic E-state index is 11.6. The first-order valence-corrected chi connectivity index (χ1v) is 7.13. The third-order valence-corrected chi connectivity index (χ3v) is 4.43. The quantitative estimate of drug-likeness (QED) is 0.824. The van der Waals surface area contributed by atoms with E-state index >= 15 is 0 Å². The molecule has 0 amide bonds. The minimum absolute atomic E-state index is 0.0612. The van der Waals surface area contributed by atoms with Crippen LogP contribution < -0.4 is 5.32 Å². The number of esters is 1. The van der Waals surface area contributed by atoms with E-state index in [0.29, 0.717) is 0 Å². The summed E-state index contributed by atoms with van der Waals surface area (Å²) in [6.45, 7) is 1.57. The molecule has 0 heterocycles. The highest BCUT2D eigenvalue weighted by molar-refractivity contribution is 5.80. The number of carbonyl (C=O) groups excluding carboxylic acids is 1. The lowest BCUT2D eigenvalue weighted by molar-refractivity contribution is -0.146. The normalized spacial score (nSPS) is 19.0. The molecule has 0 bridgehead atoms. The van der Waals surface area contributed by atoms with E-state index in [0.717, 1.165) is 25.9 Å². The van der Waals surface area contributed by atoms with Gasteiger partial charge >= 0.3 is 5.97 Å². The van der Waals surface area contributed by atoms with E-state index in [1.54, 1.807) is 0 Å². The molecule has 1 aromatic rings. The Balaban J connectivity index is 1.54. The van der Waals surface area contributed by atoms with Crippen LogP contribution in [0.25, 0.3) is 0 Å². The molecule has 1 N–H and O–H groups in total. The second-order valence-corrected chi connectivity index (χ2v) is 5.83. The Morgan fingerprint density at radius 2 is 2.11 bits per heavy atom. The van der Waals surface area contributed by atoms with Crippen molar-refractivity contribution in [1.29, 1.82) is 0 Å². The van der Waals surface area contributed by atoms with Gasteiger partial charge in [0.2, 0.25) is 0 Å². The summed E-state index contributed by atoms with van der Waals surface area (Å²) >= 11 is 0. The number of benzene rings is 1. The van der Waals surface area contributed by atoms with E-state index in [1.807, 2.05) is 0 Å². The van der Waals surface area contributed by atoms with Crippen molar-refractivity contribution < 1.29 is 9.53 Å². The van der Waals surface area contributed by atoms with Gasteiger partial charge in [-0.15, -0.1) is 0 Å². The zero-order chi connectivity index (χ0) is 13.3. The average molecular weight is 259 g/mol. The van der Waals surface area contributed by atoms with Crippen molar-refractivity contribution in [3.8, 4) is 0 Å². The summed E-state index contributed by atoms with van der Waals surface area (Å²) in [5, 5.41) is 3.41. The first-order chi connectivity index (χ1) is 9.23. The molecule has 2 aliphatic rings. The Kier molecular flexibility index (Phi) is 3.31. The molecule has 3 nitrogen and oxygen atoms in total. The van der Waals surface area contributed by atoms with Gasteiger partial charge in [-0.05, 0) is 48.8 Å². The topological polar surface area (TPSA) is 38.3 Å². The Hall–Kier alpha value is -1.35. The van der Waals surface area contributed by atoms with Gasteiger partial charge in [-0.2, -0.15) is 0 Å². The van der Waals surface area contributed by atoms with Crippen LogP contribution in [0.4, 0.5) is 0 Å². The molecule has 0 unspecified atom stereocenters. The summed E-state index contributed by atoms with van der Waals surface area (Å²) in [5.74, 6) is -0.0612. The van der Waals surface area contributed by atoms with Gasteiger partial charge in [-0.3, -0.25) is 4.79 Å². The number of hydrogen-bond acceptors (Lipinski definition) is 3. The lowest BCUT2D eigenvalue weighted by Crippen LogP contribution is -2.30. The molecular formula is C16H21NO2. The van der Waals surface area contributed by atoms with Gasteiger partial charge in [0.05, 0.1) is 12.5 Å². The molecule has 2 aliphatic carbocycles. The van der Waals surface area contributed by atoms with Gasteiger partial charge in [-0.25, -0.2) is 0 Å². The zero-order valence-corrected chi connectivity index (χ0v) is 11.5. The van der Waals surface area contributed by atoms with Crippen LogP contribution in [0.3, 0.4) is 0 Å². The predicted octanol–water partition coefficient (Wildman–Crippen LogP) is 2.22. The van der Waals surface area contributed by atoms with Crippen LogP contribution in [0.2, 0.25) is 0 Å². The lowest BCUT2D eigenvalue weighted by atomic mass is 10.1. The van der Waals surface area contributed by atoms with E-state index in [4.69, 9.17) is 4.74 Å². The van der Waals surface area contributed by atoms with Gasteiger partial charge in [0.1, 0.15) is 0 Å². The minimum atomic E-state index is -0.231. The molecule has 1 fully saturated rings. The molecule has 0 radical (unpaired) electrons. The van der Waals surface area contributed by atoms with Crippen molar-refractivity contribution >= 4 is 5.97 Å². The number of methoxy groups -OCH3 is 1. The van der Waals surface area contributed by atoms with Gasteiger partial charge in [0.25, 0.3) is 0 Å². The minimum Gasteiger partial charge on any atom is -0.469 e. The molecule has 1 aromatic carbocycles. The van der Waals surface area contributed by atoms with Crippen molar-refractivity contribution in [3.63, 3.8) is 0 Å². The van der Waals surface area contributed by atoms with Crippen molar-refractivity contribution in [1.82, 2.24) is 5.32 Å². The van der Waals surface area contributed by atoms with Crippen LogP contribution in [0, 0.1) is 5.41 Å². The molecule has 19 heavy (non-hydrogen) atoms. The van der Waals surface area contributed by atoms with Gasteiger partial charge in [0, 0.05) is 13.1 Å². The molecule has 102 valence electrons. The molecular weight excluding hydrogens is 238 g/mol. The Morgan fingerprint density at radius 1 is 1.32 bits per heavy atom. The summed E-state index contributed by atoms with van der Waals surface area (Å²) in [6, 6.07) is 6.77. The number of fused-ring (bicyclic) bond motifs is 1. The van der Waals surface area contributed by atoms with Crippen molar-refractivity contribution in [2.45, 2.75) is 38.6 Å². The molecule has 0 aromatic heterocycles. The van der Waals surface area contributed by atoms with Crippen molar-refractivity contribution in [2.24, 2.45) is 5.41 Å². The van der Waals surface area contributed by atoms with Crippen LogP contribution in [0.1, 0.15) is 36.0 Å². The van der Waals surface area contributed by atoms with E-state index in [-0.39, 0.29) is 11.4 Å². The van der Waals surface area contributed by atoms with Crippen LogP contribution in [-0.4, -0.2) is 19.6 Å². The lowest BCUT2D eigenvalue weighted by Gasteiger charge is -2.13. The summed E-state index contributed by atoms with van der Waals surface area (Å²) in [5.41, 5.74) is 4.11. The second-order valence-electron chi connectivity index (χ2n) is 5.83. The highest BCUT2D eigenvalue weighted by atomic mass is 16.5. The largest absolute Gasteiger partial charge is 0.469 e. The number of hydrogen-bond donors (Lipinski definition) is 1. The maximum atomic E-state index is 11.6. The molecule has 3 heteroatoms. The monoisotopic (exact) mass is 259 g/mol. The standard InChI is InChI=1S/C16H21NO2/c1-19-15(18)16(7-8-16)11-17-10-12-5-6-13-3-2-4-14(13)9-12/h5-6,9,17H,2-4,7-8,10-11H2,1H3. The predicted molar refractivity (Wildman–Crippen MR) is 73.9 cm³/mol. The fraction of sp³-hybridized carbons (Fsp3) is 0.562. The van der Waals surface area contributed by atoms with Crippen LogP contribution in [0.5, 0.6) is 0 Å². The summed E-state index contributed by atoms with van der Waals surface area (Å²) < 4.78 is 4.86. The summed E-state index contributed by atoms with van der Waals surface area (Å²) in [7, 11) is 1.48. The fourth-order valence-corrected chi connectivity index (χ4v) is 3.00. The molecule has 1 saturated carbocycles. The third kappa shape index (κ3) is 2.52. The maximum Gasteiger partial charge on any atom is 0.313 e. The number of nitrogens with one attached hydrogen (secondary N) is 1. The molecule has 0 saturated heterocycles. The van der Waals surface area contributed by atoms with Gasteiger partial charge in [0.15, 0.2) is 0 Å². The number of ether oxygens (including phenoxy) is 1. The number of rotatable bonds is 5. The smallest absolute Gasteiger partial charge is 0.313 e. The Morgan fingerprint density at radius 3 is 2.84 bits per heavy atom. The first-order valence-electron chi connectivity index (χ1n) is 7.13. The highest BCUT2D eigenvalue weighted by Gasteiger charge is 2.50. The van der Waals surface area contributed by atoms with Crippen LogP contribution >= 0.6 is 0 Å². The molecule has 0 aliphatic heterocycles. The molecule has 3 rings (SSSR count). The van der Waals surface area contributed by atoms with Crippen molar-refractivity contribution in [3.05, 3.63) is 34.9 Å². The third-order valence-electron chi connectivity index (χ3n) is 4.43. The summed E-state index contributed by atoms with van der Waals surface area (Å²) in [4.78, 5) is 11.6. The van der Waals surface area contributed by atoms with Crippen LogP contribution in [-0.2, 0) is 28.9 Å². The fourth-order valence-electron chi connectivity index (χ4n) is 3.00. The average Bonchev–Trinajstić information content (AvgIpc) is 3.07. The van der Waals surface area contributed by atoms with Crippen molar-refractivity contribution in [2.75, 3.05) is 13.7 Å². The van der Waals surface area contributed by atoms with E-state index in [1.165, 1.54) is 43.1 Å². The van der Waals surface area contributed by atoms with Gasteiger partial charge < -0.3 is 10.1 Å². The highest BCUT2D eigenvalue weighted by Crippen LogP contribution is 2.46. The summed E-state index contributed by atoms with van der Waals surface area (Å²) in [6.07, 6.45) is 5.65. The van der Waals surface area contributed by atoms with E-state index in [9.17, 15) is 4.79 Å². The number of aryl methyl sites for hydroxylation is 2. The molecule has 0 spiro atoms. The number of carbonyl (C=O) groups is 1. The van der Waals surface area contributed by atoms with E-state index in [2.05, 4.69) is 23.5 Å². The SMILES string of the molecule is COC(=O)C1(CNCc2ccc3c(c2)CCC3)CC1. The Labute approximate surface area is 114 Å². The van der Waals surface area contributed by atoms with Gasteiger partial charge in [-0.1, -0.05) is 18.2 Å². The first kappa shape index (κ1) is 12.7. The van der Waals surface area contributed by atoms with E-state index < -0.39 is 0 Å².